The normalized spacial score (nSPS) is 23.2. The van der Waals surface area contributed by atoms with E-state index in [-0.39, 0.29) is 0 Å². The van der Waals surface area contributed by atoms with E-state index >= 15 is 0 Å². The molecule has 1 aliphatic rings. The number of ether oxygens (including phenoxy) is 1. The Kier molecular flexibility index (Phi) is 3.83. The molecule has 1 saturated heterocycles. The molecule has 0 aromatic carbocycles. The standard InChI is InChI=1S/C11H15BrO3/c12-11-9(5-7-15-11)10(13)4-3-8-2-1-6-14-8/h5,7-8,10,13H,1-4,6H2. The molecule has 4 heteroatoms. The molecule has 2 atom stereocenters. The molecule has 2 rings (SSSR count). The van der Waals surface area contributed by atoms with Crippen LogP contribution in [0.25, 0.3) is 0 Å². The van der Waals surface area contributed by atoms with Crippen LogP contribution in [0.1, 0.15) is 37.4 Å². The first-order valence-electron chi connectivity index (χ1n) is 5.30. The van der Waals surface area contributed by atoms with E-state index in [0.29, 0.717) is 10.8 Å². The summed E-state index contributed by atoms with van der Waals surface area (Å²) in [5.41, 5.74) is 0.827. The fourth-order valence-electron chi connectivity index (χ4n) is 1.91. The van der Waals surface area contributed by atoms with E-state index in [2.05, 4.69) is 15.9 Å². The van der Waals surface area contributed by atoms with E-state index < -0.39 is 6.10 Å². The van der Waals surface area contributed by atoms with E-state index in [9.17, 15) is 5.11 Å². The lowest BCUT2D eigenvalue weighted by molar-refractivity contribution is 0.0808. The zero-order chi connectivity index (χ0) is 10.7. The molecule has 2 unspecified atom stereocenters. The highest BCUT2D eigenvalue weighted by Crippen LogP contribution is 2.29. The van der Waals surface area contributed by atoms with Gasteiger partial charge < -0.3 is 14.3 Å². The second-order valence-electron chi connectivity index (χ2n) is 3.88. The van der Waals surface area contributed by atoms with Gasteiger partial charge in [0.1, 0.15) is 0 Å². The molecule has 3 nitrogen and oxygen atoms in total. The predicted molar refractivity (Wildman–Crippen MR) is 59.6 cm³/mol. The van der Waals surface area contributed by atoms with E-state index in [0.717, 1.165) is 37.9 Å². The van der Waals surface area contributed by atoms with Crippen molar-refractivity contribution >= 4 is 15.9 Å². The predicted octanol–water partition coefficient (Wildman–Crippen LogP) is 3.03. The second kappa shape index (κ2) is 5.14. The highest BCUT2D eigenvalue weighted by atomic mass is 79.9. The van der Waals surface area contributed by atoms with Gasteiger partial charge in [-0.25, -0.2) is 0 Å². The zero-order valence-electron chi connectivity index (χ0n) is 8.49. The van der Waals surface area contributed by atoms with Gasteiger partial charge in [0.25, 0.3) is 0 Å². The van der Waals surface area contributed by atoms with Crippen LogP contribution in [0.4, 0.5) is 0 Å². The Morgan fingerprint density at radius 3 is 3.07 bits per heavy atom. The van der Waals surface area contributed by atoms with Crippen LogP contribution in [-0.4, -0.2) is 17.8 Å². The largest absolute Gasteiger partial charge is 0.457 e. The highest BCUT2D eigenvalue weighted by Gasteiger charge is 2.19. The van der Waals surface area contributed by atoms with Crippen LogP contribution in [0, 0.1) is 0 Å². The van der Waals surface area contributed by atoms with Crippen molar-refractivity contribution in [1.82, 2.24) is 0 Å². The van der Waals surface area contributed by atoms with Gasteiger partial charge in [0.15, 0.2) is 4.67 Å². The first-order valence-corrected chi connectivity index (χ1v) is 6.09. The van der Waals surface area contributed by atoms with Gasteiger partial charge in [0, 0.05) is 12.2 Å². The maximum absolute atomic E-state index is 9.91. The minimum atomic E-state index is -0.456. The summed E-state index contributed by atoms with van der Waals surface area (Å²) in [5, 5.41) is 9.91. The molecule has 1 aromatic heterocycles. The molecule has 0 amide bonds. The summed E-state index contributed by atoms with van der Waals surface area (Å²) in [6.07, 6.45) is 5.37. The van der Waals surface area contributed by atoms with Crippen molar-refractivity contribution in [3.05, 3.63) is 22.6 Å². The topological polar surface area (TPSA) is 42.6 Å². The van der Waals surface area contributed by atoms with Crippen molar-refractivity contribution in [2.24, 2.45) is 0 Å². The number of aliphatic hydroxyl groups is 1. The van der Waals surface area contributed by atoms with Crippen LogP contribution in [0.15, 0.2) is 21.4 Å². The Labute approximate surface area is 97.5 Å². The minimum Gasteiger partial charge on any atom is -0.457 e. The van der Waals surface area contributed by atoms with Crippen LogP contribution in [0.2, 0.25) is 0 Å². The number of rotatable bonds is 4. The third-order valence-electron chi connectivity index (χ3n) is 2.79. The summed E-state index contributed by atoms with van der Waals surface area (Å²) in [6, 6.07) is 1.80. The van der Waals surface area contributed by atoms with Gasteiger partial charge >= 0.3 is 0 Å². The molecule has 1 N–H and O–H groups in total. The highest BCUT2D eigenvalue weighted by molar-refractivity contribution is 9.10. The third kappa shape index (κ3) is 2.83. The minimum absolute atomic E-state index is 0.338. The van der Waals surface area contributed by atoms with Crippen molar-refractivity contribution in [1.29, 1.82) is 0 Å². The van der Waals surface area contributed by atoms with E-state index in [1.807, 2.05) is 0 Å². The van der Waals surface area contributed by atoms with E-state index in [1.165, 1.54) is 0 Å². The summed E-state index contributed by atoms with van der Waals surface area (Å²) in [6.45, 7) is 0.871. The van der Waals surface area contributed by atoms with Crippen molar-refractivity contribution in [3.63, 3.8) is 0 Å². The van der Waals surface area contributed by atoms with Gasteiger partial charge in [-0.3, -0.25) is 0 Å². The quantitative estimate of drug-likeness (QED) is 0.918. The van der Waals surface area contributed by atoms with Gasteiger partial charge in [-0.05, 0) is 47.7 Å². The first kappa shape index (κ1) is 11.2. The van der Waals surface area contributed by atoms with Gasteiger partial charge in [-0.15, -0.1) is 0 Å². The van der Waals surface area contributed by atoms with Crippen LogP contribution < -0.4 is 0 Å². The third-order valence-corrected chi connectivity index (χ3v) is 3.44. The molecular formula is C11H15BrO3. The molecule has 15 heavy (non-hydrogen) atoms. The number of hydrogen-bond donors (Lipinski definition) is 1. The summed E-state index contributed by atoms with van der Waals surface area (Å²) in [7, 11) is 0. The molecule has 0 bridgehead atoms. The Morgan fingerprint density at radius 1 is 1.60 bits per heavy atom. The number of hydrogen-bond acceptors (Lipinski definition) is 3. The molecule has 1 fully saturated rings. The molecule has 0 saturated carbocycles. The zero-order valence-corrected chi connectivity index (χ0v) is 10.1. The van der Waals surface area contributed by atoms with Crippen LogP contribution >= 0.6 is 15.9 Å². The monoisotopic (exact) mass is 274 g/mol. The van der Waals surface area contributed by atoms with Crippen molar-refractivity contribution in [2.45, 2.75) is 37.9 Å². The Bertz CT molecular complexity index is 305. The SMILES string of the molecule is OC(CCC1CCCO1)c1ccoc1Br. The molecule has 1 aliphatic heterocycles. The lowest BCUT2D eigenvalue weighted by Gasteiger charge is -2.12. The first-order chi connectivity index (χ1) is 7.27. The van der Waals surface area contributed by atoms with Crippen LogP contribution in [0.3, 0.4) is 0 Å². The van der Waals surface area contributed by atoms with Crippen molar-refractivity contribution in [2.75, 3.05) is 6.61 Å². The fourth-order valence-corrected chi connectivity index (χ4v) is 2.42. The summed E-state index contributed by atoms with van der Waals surface area (Å²) < 4.78 is 11.2. The number of aliphatic hydroxyl groups excluding tert-OH is 1. The molecule has 84 valence electrons. The molecule has 1 aromatic rings. The summed E-state index contributed by atoms with van der Waals surface area (Å²) >= 11 is 3.26. The molecular weight excluding hydrogens is 260 g/mol. The Hall–Kier alpha value is -0.320. The molecule has 0 radical (unpaired) electrons. The lowest BCUT2D eigenvalue weighted by atomic mass is 10.0. The number of furan rings is 1. The lowest BCUT2D eigenvalue weighted by Crippen LogP contribution is -2.07. The van der Waals surface area contributed by atoms with Crippen molar-refractivity contribution in [3.8, 4) is 0 Å². The van der Waals surface area contributed by atoms with Gasteiger partial charge in [0.05, 0.1) is 18.5 Å². The molecule has 0 aliphatic carbocycles. The summed E-state index contributed by atoms with van der Waals surface area (Å²) in [4.78, 5) is 0. The summed E-state index contributed by atoms with van der Waals surface area (Å²) in [5.74, 6) is 0. The van der Waals surface area contributed by atoms with E-state index in [4.69, 9.17) is 9.15 Å². The smallest absolute Gasteiger partial charge is 0.174 e. The Morgan fingerprint density at radius 2 is 2.47 bits per heavy atom. The van der Waals surface area contributed by atoms with Gasteiger partial charge in [-0.2, -0.15) is 0 Å². The van der Waals surface area contributed by atoms with E-state index in [1.54, 1.807) is 12.3 Å². The van der Waals surface area contributed by atoms with Crippen molar-refractivity contribution < 1.29 is 14.3 Å². The van der Waals surface area contributed by atoms with Crippen LogP contribution in [0.5, 0.6) is 0 Å². The van der Waals surface area contributed by atoms with Gasteiger partial charge in [-0.1, -0.05) is 0 Å². The average Bonchev–Trinajstić information content (AvgIpc) is 2.84. The second-order valence-corrected chi connectivity index (χ2v) is 4.60. The maximum Gasteiger partial charge on any atom is 0.174 e. The fraction of sp³-hybridized carbons (Fsp3) is 0.636. The Balaban J connectivity index is 1.81. The van der Waals surface area contributed by atoms with Gasteiger partial charge in [0.2, 0.25) is 0 Å². The molecule has 2 heterocycles. The number of halogens is 1. The maximum atomic E-state index is 9.91. The van der Waals surface area contributed by atoms with Crippen LogP contribution in [-0.2, 0) is 4.74 Å². The average molecular weight is 275 g/mol. The molecule has 0 spiro atoms.